The van der Waals surface area contributed by atoms with Crippen LogP contribution in [0, 0.1) is 0 Å². The topological polar surface area (TPSA) is 64.3 Å². The fraction of sp³-hybridized carbons (Fsp3) is 0.333. The molecule has 90 valence electrons. The average Bonchev–Trinajstić information content (AvgIpc) is 2.66. The fourth-order valence-corrected chi connectivity index (χ4v) is 1.93. The molecule has 1 N–H and O–H groups in total. The second kappa shape index (κ2) is 4.08. The zero-order valence-electron chi connectivity index (χ0n) is 9.97. The monoisotopic (exact) mass is 234 g/mol. The van der Waals surface area contributed by atoms with Gasteiger partial charge in [0.1, 0.15) is 11.3 Å². The average molecular weight is 234 g/mol. The van der Waals surface area contributed by atoms with Crippen molar-refractivity contribution in [2.75, 3.05) is 7.11 Å². The minimum absolute atomic E-state index is 0.564. The molecule has 5 heteroatoms. The normalized spacial score (nSPS) is 12.6. The van der Waals surface area contributed by atoms with Crippen molar-refractivity contribution in [3.8, 4) is 5.75 Å². The van der Waals surface area contributed by atoms with Crippen LogP contribution in [0.2, 0.25) is 0 Å². The number of carbonyl (C=O) groups is 1. The minimum atomic E-state index is -0.882. The SMILES string of the molecule is COc1cccc2c(C(C)C(=O)O)nn(C)c12. The Labute approximate surface area is 98.6 Å². The van der Waals surface area contributed by atoms with Gasteiger partial charge in [-0.15, -0.1) is 0 Å². The molecule has 0 amide bonds. The van der Waals surface area contributed by atoms with Crippen molar-refractivity contribution in [2.45, 2.75) is 12.8 Å². The molecule has 0 spiro atoms. The van der Waals surface area contributed by atoms with Crippen LogP contribution in [0.3, 0.4) is 0 Å². The van der Waals surface area contributed by atoms with E-state index in [1.54, 1.807) is 25.8 Å². The van der Waals surface area contributed by atoms with Gasteiger partial charge in [-0.05, 0) is 13.0 Å². The van der Waals surface area contributed by atoms with E-state index in [9.17, 15) is 4.79 Å². The van der Waals surface area contributed by atoms with Gasteiger partial charge in [0, 0.05) is 12.4 Å². The number of aromatic nitrogens is 2. The third-order valence-corrected chi connectivity index (χ3v) is 2.86. The van der Waals surface area contributed by atoms with Gasteiger partial charge < -0.3 is 9.84 Å². The minimum Gasteiger partial charge on any atom is -0.494 e. The maximum absolute atomic E-state index is 11.0. The first-order valence-electron chi connectivity index (χ1n) is 5.28. The lowest BCUT2D eigenvalue weighted by Gasteiger charge is -2.03. The number of aliphatic carboxylic acids is 1. The molecule has 17 heavy (non-hydrogen) atoms. The van der Waals surface area contributed by atoms with Crippen LogP contribution in [0.5, 0.6) is 5.75 Å². The van der Waals surface area contributed by atoms with Crippen molar-refractivity contribution in [3.63, 3.8) is 0 Å². The lowest BCUT2D eigenvalue weighted by atomic mass is 10.0. The Bertz CT molecular complexity index is 574. The molecular weight excluding hydrogens is 220 g/mol. The van der Waals surface area contributed by atoms with E-state index in [4.69, 9.17) is 9.84 Å². The van der Waals surface area contributed by atoms with Crippen LogP contribution in [0.4, 0.5) is 0 Å². The van der Waals surface area contributed by atoms with Crippen molar-refractivity contribution in [2.24, 2.45) is 7.05 Å². The maximum atomic E-state index is 11.0. The Morgan fingerprint density at radius 2 is 2.24 bits per heavy atom. The van der Waals surface area contributed by atoms with Gasteiger partial charge in [0.05, 0.1) is 18.7 Å². The van der Waals surface area contributed by atoms with Crippen LogP contribution in [0.25, 0.3) is 10.9 Å². The highest BCUT2D eigenvalue weighted by Crippen LogP contribution is 2.30. The number of carboxylic acid groups (broad SMARTS) is 1. The number of fused-ring (bicyclic) bond motifs is 1. The molecule has 0 aliphatic rings. The van der Waals surface area contributed by atoms with Crippen molar-refractivity contribution in [1.29, 1.82) is 0 Å². The summed E-state index contributed by atoms with van der Waals surface area (Å²) < 4.78 is 6.91. The summed E-state index contributed by atoms with van der Waals surface area (Å²) in [6.45, 7) is 1.63. The van der Waals surface area contributed by atoms with E-state index >= 15 is 0 Å². The van der Waals surface area contributed by atoms with E-state index in [2.05, 4.69) is 5.10 Å². The molecule has 0 aliphatic heterocycles. The summed E-state index contributed by atoms with van der Waals surface area (Å²) in [7, 11) is 3.37. The number of aryl methyl sites for hydroxylation is 1. The van der Waals surface area contributed by atoms with Gasteiger partial charge in [0.25, 0.3) is 0 Å². The van der Waals surface area contributed by atoms with Crippen molar-refractivity contribution < 1.29 is 14.6 Å². The van der Waals surface area contributed by atoms with Crippen molar-refractivity contribution in [1.82, 2.24) is 9.78 Å². The largest absolute Gasteiger partial charge is 0.494 e. The smallest absolute Gasteiger partial charge is 0.312 e. The third-order valence-electron chi connectivity index (χ3n) is 2.86. The fourth-order valence-electron chi connectivity index (χ4n) is 1.93. The second-order valence-corrected chi connectivity index (χ2v) is 3.93. The molecule has 1 unspecified atom stereocenters. The number of rotatable bonds is 3. The Morgan fingerprint density at radius 3 is 2.82 bits per heavy atom. The molecule has 5 nitrogen and oxygen atoms in total. The van der Waals surface area contributed by atoms with Gasteiger partial charge in [-0.3, -0.25) is 9.48 Å². The Kier molecular flexibility index (Phi) is 2.75. The second-order valence-electron chi connectivity index (χ2n) is 3.93. The first-order valence-corrected chi connectivity index (χ1v) is 5.28. The molecule has 0 aliphatic carbocycles. The van der Waals surface area contributed by atoms with E-state index in [0.717, 1.165) is 10.9 Å². The van der Waals surface area contributed by atoms with Crippen LogP contribution >= 0.6 is 0 Å². The van der Waals surface area contributed by atoms with Gasteiger partial charge in [0.2, 0.25) is 0 Å². The highest BCUT2D eigenvalue weighted by molar-refractivity contribution is 5.91. The summed E-state index contributed by atoms with van der Waals surface area (Å²) in [4.78, 5) is 11.0. The molecule has 0 bridgehead atoms. The van der Waals surface area contributed by atoms with Crippen molar-refractivity contribution in [3.05, 3.63) is 23.9 Å². The summed E-state index contributed by atoms with van der Waals surface area (Å²) in [6.07, 6.45) is 0. The summed E-state index contributed by atoms with van der Waals surface area (Å²) in [6, 6.07) is 5.53. The number of carboxylic acids is 1. The first-order chi connectivity index (χ1) is 8.06. The molecule has 0 radical (unpaired) electrons. The number of ether oxygens (including phenoxy) is 1. The number of hydrogen-bond acceptors (Lipinski definition) is 3. The molecule has 0 saturated carbocycles. The number of hydrogen-bond donors (Lipinski definition) is 1. The van der Waals surface area contributed by atoms with Crippen LogP contribution in [0.1, 0.15) is 18.5 Å². The maximum Gasteiger partial charge on any atom is 0.312 e. The lowest BCUT2D eigenvalue weighted by Crippen LogP contribution is -2.08. The van der Waals surface area contributed by atoms with E-state index in [0.29, 0.717) is 11.4 Å². The number of benzene rings is 1. The third kappa shape index (κ3) is 1.73. The van der Waals surface area contributed by atoms with Gasteiger partial charge in [-0.1, -0.05) is 12.1 Å². The predicted molar refractivity (Wildman–Crippen MR) is 63.3 cm³/mol. The molecule has 2 rings (SSSR count). The van der Waals surface area contributed by atoms with E-state index in [-0.39, 0.29) is 0 Å². The van der Waals surface area contributed by atoms with Gasteiger partial charge in [0.15, 0.2) is 0 Å². The summed E-state index contributed by atoms with van der Waals surface area (Å²) in [5.41, 5.74) is 1.38. The van der Waals surface area contributed by atoms with Gasteiger partial charge >= 0.3 is 5.97 Å². The predicted octanol–water partition coefficient (Wildman–Crippen LogP) is 1.77. The molecule has 1 heterocycles. The summed E-state index contributed by atoms with van der Waals surface area (Å²) in [5.74, 6) is -0.819. The summed E-state index contributed by atoms with van der Waals surface area (Å²) in [5, 5.41) is 14.1. The van der Waals surface area contributed by atoms with E-state index in [1.165, 1.54) is 0 Å². The quantitative estimate of drug-likeness (QED) is 0.879. The number of para-hydroxylation sites is 1. The highest BCUT2D eigenvalue weighted by Gasteiger charge is 2.22. The molecular formula is C12H14N2O3. The standard InChI is InChI=1S/C12H14N2O3/c1-7(12(15)16)10-8-5-4-6-9(17-3)11(8)14(2)13-10/h4-7H,1-3H3,(H,15,16). The van der Waals surface area contributed by atoms with Crippen LogP contribution < -0.4 is 4.74 Å². The Balaban J connectivity index is 2.72. The Morgan fingerprint density at radius 1 is 1.53 bits per heavy atom. The zero-order chi connectivity index (χ0) is 12.6. The molecule has 2 aromatic rings. The lowest BCUT2D eigenvalue weighted by molar-refractivity contribution is -0.138. The van der Waals surface area contributed by atoms with Crippen molar-refractivity contribution >= 4 is 16.9 Å². The molecule has 1 atom stereocenters. The molecule has 0 fully saturated rings. The zero-order valence-corrected chi connectivity index (χ0v) is 9.97. The van der Waals surface area contributed by atoms with Gasteiger partial charge in [-0.25, -0.2) is 0 Å². The van der Waals surface area contributed by atoms with E-state index in [1.807, 2.05) is 18.2 Å². The number of nitrogens with zero attached hydrogens (tertiary/aromatic N) is 2. The molecule has 1 aromatic carbocycles. The first kappa shape index (κ1) is 11.4. The van der Waals surface area contributed by atoms with Crippen LogP contribution in [-0.2, 0) is 11.8 Å². The highest BCUT2D eigenvalue weighted by atomic mass is 16.5. The van der Waals surface area contributed by atoms with Crippen LogP contribution in [0.15, 0.2) is 18.2 Å². The molecule has 0 saturated heterocycles. The van der Waals surface area contributed by atoms with Gasteiger partial charge in [-0.2, -0.15) is 5.10 Å². The molecule has 1 aromatic heterocycles. The Hall–Kier alpha value is -2.04. The number of methoxy groups -OCH3 is 1. The van der Waals surface area contributed by atoms with Crippen LogP contribution in [-0.4, -0.2) is 28.0 Å². The van der Waals surface area contributed by atoms with E-state index < -0.39 is 11.9 Å². The summed E-state index contributed by atoms with van der Waals surface area (Å²) >= 11 is 0.